The van der Waals surface area contributed by atoms with Gasteiger partial charge in [-0.3, -0.25) is 0 Å². The number of ether oxygens (including phenoxy) is 1. The summed E-state index contributed by atoms with van der Waals surface area (Å²) in [5.41, 5.74) is 1.13. The molecule has 1 fully saturated rings. The molecule has 1 aliphatic rings. The van der Waals surface area contributed by atoms with Crippen LogP contribution in [-0.2, 0) is 4.74 Å². The second kappa shape index (κ2) is 4.60. The fourth-order valence-electron chi connectivity index (χ4n) is 1.97. The highest BCUT2D eigenvalue weighted by molar-refractivity contribution is 5.18. The van der Waals surface area contributed by atoms with E-state index in [2.05, 4.69) is 6.58 Å². The zero-order valence-corrected chi connectivity index (χ0v) is 8.67. The van der Waals surface area contributed by atoms with Gasteiger partial charge >= 0.3 is 0 Å². The average molecular weight is 204 g/mol. The first-order valence-electron chi connectivity index (χ1n) is 5.30. The molecule has 1 heterocycles. The van der Waals surface area contributed by atoms with Crippen LogP contribution in [0.3, 0.4) is 0 Å². The molecule has 2 heteroatoms. The second-order valence-electron chi connectivity index (χ2n) is 3.93. The molecule has 0 radical (unpaired) electrons. The molecular weight excluding hydrogens is 188 g/mol. The minimum atomic E-state index is -0.285. The smallest absolute Gasteiger partial charge is 0.0857 e. The standard InChI is InChI=1S/C13H16O2/c1-2-12-8-11(14)9-13(15-12)10-6-4-3-5-7-10/h2-7,11-14H,1,8-9H2/t11-,12+,13+/m1/s1. The van der Waals surface area contributed by atoms with Crippen LogP contribution in [0.25, 0.3) is 0 Å². The largest absolute Gasteiger partial charge is 0.393 e. The van der Waals surface area contributed by atoms with Crippen molar-refractivity contribution in [3.05, 3.63) is 48.6 Å². The summed E-state index contributed by atoms with van der Waals surface area (Å²) < 4.78 is 5.81. The third kappa shape index (κ3) is 2.46. The molecule has 0 aromatic heterocycles. The molecule has 2 rings (SSSR count). The summed E-state index contributed by atoms with van der Waals surface area (Å²) in [6, 6.07) is 10.0. The number of rotatable bonds is 2. The molecule has 2 nitrogen and oxygen atoms in total. The third-order valence-electron chi connectivity index (χ3n) is 2.76. The molecule has 0 spiro atoms. The summed E-state index contributed by atoms with van der Waals surface area (Å²) in [5, 5.41) is 9.71. The topological polar surface area (TPSA) is 29.5 Å². The summed E-state index contributed by atoms with van der Waals surface area (Å²) in [6.45, 7) is 3.71. The molecule has 15 heavy (non-hydrogen) atoms. The summed E-state index contributed by atoms with van der Waals surface area (Å²) in [5.74, 6) is 0. The van der Waals surface area contributed by atoms with E-state index < -0.39 is 0 Å². The molecule has 1 saturated heterocycles. The quantitative estimate of drug-likeness (QED) is 0.750. The van der Waals surface area contributed by atoms with E-state index in [1.807, 2.05) is 30.3 Å². The molecule has 0 saturated carbocycles. The highest BCUT2D eigenvalue weighted by Gasteiger charge is 2.27. The van der Waals surface area contributed by atoms with E-state index in [1.54, 1.807) is 6.08 Å². The van der Waals surface area contributed by atoms with Gasteiger partial charge in [0.2, 0.25) is 0 Å². The lowest BCUT2D eigenvalue weighted by Gasteiger charge is -2.31. The van der Waals surface area contributed by atoms with Gasteiger partial charge in [0, 0.05) is 12.8 Å². The van der Waals surface area contributed by atoms with E-state index in [0.29, 0.717) is 12.8 Å². The normalized spacial score (nSPS) is 31.1. The van der Waals surface area contributed by atoms with E-state index in [1.165, 1.54) is 0 Å². The van der Waals surface area contributed by atoms with E-state index >= 15 is 0 Å². The summed E-state index contributed by atoms with van der Waals surface area (Å²) in [6.07, 6.45) is 2.78. The summed E-state index contributed by atoms with van der Waals surface area (Å²) >= 11 is 0. The van der Waals surface area contributed by atoms with Crippen LogP contribution in [-0.4, -0.2) is 17.3 Å². The van der Waals surface area contributed by atoms with E-state index in [-0.39, 0.29) is 18.3 Å². The van der Waals surface area contributed by atoms with Gasteiger partial charge in [-0.25, -0.2) is 0 Å². The van der Waals surface area contributed by atoms with Crippen molar-refractivity contribution in [3.63, 3.8) is 0 Å². The maximum absolute atomic E-state index is 9.71. The predicted octanol–water partition coefficient (Wildman–Crippen LogP) is 2.45. The molecular formula is C13H16O2. The first-order chi connectivity index (χ1) is 7.29. The van der Waals surface area contributed by atoms with Gasteiger partial charge in [0.1, 0.15) is 0 Å². The Kier molecular flexibility index (Phi) is 3.19. The van der Waals surface area contributed by atoms with Gasteiger partial charge in [-0.1, -0.05) is 36.4 Å². The van der Waals surface area contributed by atoms with Crippen LogP contribution < -0.4 is 0 Å². The van der Waals surface area contributed by atoms with Crippen LogP contribution in [0.4, 0.5) is 0 Å². The Morgan fingerprint density at radius 2 is 2.00 bits per heavy atom. The summed E-state index contributed by atoms with van der Waals surface area (Å²) in [7, 11) is 0. The SMILES string of the molecule is C=C[C@H]1C[C@@H](O)C[C@@H](c2ccccc2)O1. The van der Waals surface area contributed by atoms with Gasteiger partial charge in [-0.05, 0) is 5.56 Å². The molecule has 1 aromatic carbocycles. The van der Waals surface area contributed by atoms with Crippen molar-refractivity contribution in [2.24, 2.45) is 0 Å². The number of aliphatic hydroxyl groups excluding tert-OH is 1. The molecule has 0 amide bonds. The van der Waals surface area contributed by atoms with Crippen LogP contribution in [0, 0.1) is 0 Å². The first kappa shape index (κ1) is 10.4. The van der Waals surface area contributed by atoms with E-state index in [9.17, 15) is 5.11 Å². The Balaban J connectivity index is 2.12. The van der Waals surface area contributed by atoms with Crippen molar-refractivity contribution in [1.29, 1.82) is 0 Å². The lowest BCUT2D eigenvalue weighted by atomic mass is 9.96. The van der Waals surface area contributed by atoms with Crippen LogP contribution in [0.1, 0.15) is 24.5 Å². The molecule has 1 aliphatic heterocycles. The Morgan fingerprint density at radius 3 is 2.67 bits per heavy atom. The number of hydrogen-bond donors (Lipinski definition) is 1. The second-order valence-corrected chi connectivity index (χ2v) is 3.93. The minimum Gasteiger partial charge on any atom is -0.393 e. The molecule has 1 aromatic rings. The maximum Gasteiger partial charge on any atom is 0.0857 e. The van der Waals surface area contributed by atoms with Gasteiger partial charge in [0.25, 0.3) is 0 Å². The van der Waals surface area contributed by atoms with Gasteiger partial charge in [-0.2, -0.15) is 0 Å². The molecule has 0 bridgehead atoms. The van der Waals surface area contributed by atoms with Crippen LogP contribution >= 0.6 is 0 Å². The zero-order chi connectivity index (χ0) is 10.7. The van der Waals surface area contributed by atoms with Gasteiger partial charge in [0.15, 0.2) is 0 Å². The van der Waals surface area contributed by atoms with Gasteiger partial charge in [0.05, 0.1) is 18.3 Å². The lowest BCUT2D eigenvalue weighted by Crippen LogP contribution is -2.29. The highest BCUT2D eigenvalue weighted by atomic mass is 16.5. The Morgan fingerprint density at radius 1 is 1.27 bits per heavy atom. The van der Waals surface area contributed by atoms with E-state index in [0.717, 1.165) is 5.56 Å². The first-order valence-corrected chi connectivity index (χ1v) is 5.30. The number of aliphatic hydroxyl groups is 1. The van der Waals surface area contributed by atoms with Crippen molar-refractivity contribution in [3.8, 4) is 0 Å². The molecule has 0 unspecified atom stereocenters. The van der Waals surface area contributed by atoms with Crippen LogP contribution in [0.5, 0.6) is 0 Å². The van der Waals surface area contributed by atoms with Crippen molar-refractivity contribution < 1.29 is 9.84 Å². The maximum atomic E-state index is 9.71. The highest BCUT2D eigenvalue weighted by Crippen LogP contribution is 2.31. The molecule has 80 valence electrons. The van der Waals surface area contributed by atoms with Crippen molar-refractivity contribution >= 4 is 0 Å². The fourth-order valence-corrected chi connectivity index (χ4v) is 1.97. The molecule has 3 atom stereocenters. The average Bonchev–Trinajstić information content (AvgIpc) is 2.29. The Bertz CT molecular complexity index is 321. The minimum absolute atomic E-state index is 0.00190. The monoisotopic (exact) mass is 204 g/mol. The molecule has 1 N–H and O–H groups in total. The number of hydrogen-bond acceptors (Lipinski definition) is 2. The van der Waals surface area contributed by atoms with Gasteiger partial charge < -0.3 is 9.84 Å². The Labute approximate surface area is 90.2 Å². The predicted molar refractivity (Wildman–Crippen MR) is 59.5 cm³/mol. The van der Waals surface area contributed by atoms with Crippen LogP contribution in [0.2, 0.25) is 0 Å². The van der Waals surface area contributed by atoms with Crippen molar-refractivity contribution in [2.45, 2.75) is 31.2 Å². The van der Waals surface area contributed by atoms with Crippen LogP contribution in [0.15, 0.2) is 43.0 Å². The summed E-state index contributed by atoms with van der Waals surface area (Å²) in [4.78, 5) is 0. The van der Waals surface area contributed by atoms with Crippen molar-refractivity contribution in [1.82, 2.24) is 0 Å². The third-order valence-corrected chi connectivity index (χ3v) is 2.76. The number of benzene rings is 1. The Hall–Kier alpha value is -1.12. The fraction of sp³-hybridized carbons (Fsp3) is 0.385. The lowest BCUT2D eigenvalue weighted by molar-refractivity contribution is -0.0776. The molecule has 0 aliphatic carbocycles. The van der Waals surface area contributed by atoms with Crippen molar-refractivity contribution in [2.75, 3.05) is 0 Å². The van der Waals surface area contributed by atoms with E-state index in [4.69, 9.17) is 4.74 Å². The zero-order valence-electron chi connectivity index (χ0n) is 8.67. The van der Waals surface area contributed by atoms with Gasteiger partial charge in [-0.15, -0.1) is 6.58 Å².